The number of carbonyl (C=O) groups is 4. The van der Waals surface area contributed by atoms with Crippen LogP contribution < -0.4 is 9.47 Å². The summed E-state index contributed by atoms with van der Waals surface area (Å²) in [5, 5.41) is 8.32. The SMILES string of the molecule is COc1ccc(C(=O)OOOC(=O)OCCCCCCCCCCOC(=O)OOOC(=O)c2ccc(OC)cc2)cc1. The van der Waals surface area contributed by atoms with Crippen molar-refractivity contribution in [3.8, 4) is 11.5 Å². The molecular weight excluding hydrogens is 560 g/mol. The van der Waals surface area contributed by atoms with Crippen LogP contribution in [0.2, 0.25) is 0 Å². The second kappa shape index (κ2) is 20.3. The van der Waals surface area contributed by atoms with Gasteiger partial charge in [0.05, 0.1) is 48.6 Å². The van der Waals surface area contributed by atoms with Crippen LogP contribution in [-0.2, 0) is 39.1 Å². The van der Waals surface area contributed by atoms with E-state index in [9.17, 15) is 19.2 Å². The van der Waals surface area contributed by atoms with Crippen LogP contribution >= 0.6 is 0 Å². The maximum atomic E-state index is 11.8. The van der Waals surface area contributed by atoms with Crippen LogP contribution in [-0.4, -0.2) is 51.7 Å². The van der Waals surface area contributed by atoms with Crippen molar-refractivity contribution in [3.63, 3.8) is 0 Å². The lowest BCUT2D eigenvalue weighted by atomic mass is 10.1. The summed E-state index contributed by atoms with van der Waals surface area (Å²) in [7, 11) is 2.99. The third-order valence-electron chi connectivity index (χ3n) is 5.55. The summed E-state index contributed by atoms with van der Waals surface area (Å²) in [6.07, 6.45) is 4.60. The van der Waals surface area contributed by atoms with E-state index in [0.29, 0.717) is 24.3 Å². The first-order valence-electron chi connectivity index (χ1n) is 13.2. The van der Waals surface area contributed by atoms with E-state index in [1.54, 1.807) is 24.3 Å². The third kappa shape index (κ3) is 14.2. The Hall–Kier alpha value is -4.56. The summed E-state index contributed by atoms with van der Waals surface area (Å²) in [6, 6.07) is 12.1. The van der Waals surface area contributed by atoms with Crippen LogP contribution in [0.25, 0.3) is 0 Å². The van der Waals surface area contributed by atoms with E-state index in [1.807, 2.05) is 0 Å². The zero-order valence-corrected chi connectivity index (χ0v) is 23.4. The molecule has 0 aromatic heterocycles. The fraction of sp³-hybridized carbons (Fsp3) is 0.429. The molecule has 0 fully saturated rings. The smallest absolute Gasteiger partial charge is 0.497 e. The first-order chi connectivity index (χ1) is 20.4. The second-order valence-corrected chi connectivity index (χ2v) is 8.53. The van der Waals surface area contributed by atoms with Crippen molar-refractivity contribution < 1.29 is 67.8 Å². The molecule has 2 aromatic rings. The minimum Gasteiger partial charge on any atom is -0.497 e. The Morgan fingerprint density at radius 1 is 0.476 bits per heavy atom. The van der Waals surface area contributed by atoms with Crippen molar-refractivity contribution in [1.82, 2.24) is 0 Å². The minimum atomic E-state index is -1.12. The lowest BCUT2D eigenvalue weighted by Gasteiger charge is -2.06. The lowest BCUT2D eigenvalue weighted by molar-refractivity contribution is -0.452. The van der Waals surface area contributed by atoms with Gasteiger partial charge in [-0.05, 0) is 61.4 Å². The van der Waals surface area contributed by atoms with E-state index in [0.717, 1.165) is 38.5 Å². The molecule has 2 rings (SSSR count). The molecular formula is C28H34O14. The molecule has 0 spiro atoms. The molecule has 0 saturated heterocycles. The number of unbranched alkanes of at least 4 members (excludes halogenated alkanes) is 7. The largest absolute Gasteiger partial charge is 0.543 e. The Balaban J connectivity index is 1.34. The van der Waals surface area contributed by atoms with Gasteiger partial charge in [0, 0.05) is 0 Å². The Morgan fingerprint density at radius 2 is 0.810 bits per heavy atom. The van der Waals surface area contributed by atoms with Crippen molar-refractivity contribution in [2.75, 3.05) is 27.4 Å². The van der Waals surface area contributed by atoms with E-state index >= 15 is 0 Å². The molecule has 2 aromatic carbocycles. The van der Waals surface area contributed by atoms with Gasteiger partial charge in [-0.1, -0.05) is 38.5 Å². The summed E-state index contributed by atoms with van der Waals surface area (Å²) in [6.45, 7) is 0.263. The van der Waals surface area contributed by atoms with Crippen molar-refractivity contribution in [2.24, 2.45) is 0 Å². The zero-order valence-electron chi connectivity index (χ0n) is 23.4. The number of benzene rings is 2. The van der Waals surface area contributed by atoms with Crippen molar-refractivity contribution in [2.45, 2.75) is 51.4 Å². The number of carbonyl (C=O) groups excluding carboxylic acids is 4. The highest BCUT2D eigenvalue weighted by atomic mass is 17.5. The summed E-state index contributed by atoms with van der Waals surface area (Å²) >= 11 is 0. The zero-order chi connectivity index (χ0) is 30.4. The van der Waals surface area contributed by atoms with Crippen molar-refractivity contribution in [1.29, 1.82) is 0 Å². The monoisotopic (exact) mass is 594 g/mol. The molecule has 0 atom stereocenters. The number of hydrogen-bond acceptors (Lipinski definition) is 14. The van der Waals surface area contributed by atoms with Gasteiger partial charge in [-0.2, -0.15) is 0 Å². The fourth-order valence-electron chi connectivity index (χ4n) is 3.33. The molecule has 0 saturated carbocycles. The molecule has 0 amide bonds. The summed E-state index contributed by atoms with van der Waals surface area (Å²) < 4.78 is 19.6. The van der Waals surface area contributed by atoms with Gasteiger partial charge in [0.15, 0.2) is 0 Å². The van der Waals surface area contributed by atoms with Crippen LogP contribution in [0.15, 0.2) is 48.5 Å². The van der Waals surface area contributed by atoms with E-state index < -0.39 is 24.2 Å². The first-order valence-corrected chi connectivity index (χ1v) is 13.2. The summed E-state index contributed by atoms with van der Waals surface area (Å²) in [4.78, 5) is 63.6. The molecule has 14 nitrogen and oxygen atoms in total. The third-order valence-corrected chi connectivity index (χ3v) is 5.55. The standard InChI is InChI=1S/C28H34O14/c1-33-23-15-11-21(12-16-23)25(29)37-41-39-27(31)35-19-9-7-5-3-4-6-8-10-20-36-28(32)40-42-38-26(30)22-13-17-24(34-2)18-14-22/h11-18H,3-10,19-20H2,1-2H3. The van der Waals surface area contributed by atoms with E-state index in [2.05, 4.69) is 29.6 Å². The van der Waals surface area contributed by atoms with Crippen LogP contribution in [0.4, 0.5) is 9.59 Å². The topological polar surface area (TPSA) is 161 Å². The van der Waals surface area contributed by atoms with Crippen LogP contribution in [0.5, 0.6) is 11.5 Å². The first kappa shape index (κ1) is 33.6. The molecule has 0 unspecified atom stereocenters. The van der Waals surface area contributed by atoms with Gasteiger partial charge < -0.3 is 18.9 Å². The number of hydrogen-bond donors (Lipinski definition) is 0. The Kier molecular flexibility index (Phi) is 16.3. The average molecular weight is 595 g/mol. The quantitative estimate of drug-likeness (QED) is 0.0825. The molecule has 14 heteroatoms. The van der Waals surface area contributed by atoms with Crippen molar-refractivity contribution in [3.05, 3.63) is 59.7 Å². The summed E-state index contributed by atoms with van der Waals surface area (Å²) in [5.41, 5.74) is 0.360. The van der Waals surface area contributed by atoms with Gasteiger partial charge in [-0.15, -0.1) is 0 Å². The fourth-order valence-corrected chi connectivity index (χ4v) is 3.33. The predicted octanol–water partition coefficient (Wildman–Crippen LogP) is 5.84. The molecule has 0 N–H and O–H groups in total. The van der Waals surface area contributed by atoms with Gasteiger partial charge in [-0.25, -0.2) is 29.0 Å². The summed E-state index contributed by atoms with van der Waals surface area (Å²) in [5.74, 6) is -0.568. The maximum Gasteiger partial charge on any atom is 0.543 e. The number of ether oxygens (including phenoxy) is 4. The minimum absolute atomic E-state index is 0.131. The Labute approximate surface area is 242 Å². The highest BCUT2D eigenvalue weighted by Crippen LogP contribution is 2.14. The Morgan fingerprint density at radius 3 is 1.14 bits per heavy atom. The lowest BCUT2D eigenvalue weighted by Crippen LogP contribution is -2.12. The van der Waals surface area contributed by atoms with Gasteiger partial charge in [0.25, 0.3) is 0 Å². The molecule has 0 heterocycles. The molecule has 0 aliphatic rings. The second-order valence-electron chi connectivity index (χ2n) is 8.53. The number of rotatable bonds is 19. The average Bonchev–Trinajstić information content (AvgIpc) is 3.01. The predicted molar refractivity (Wildman–Crippen MR) is 141 cm³/mol. The number of methoxy groups -OCH3 is 2. The van der Waals surface area contributed by atoms with Crippen LogP contribution in [0.1, 0.15) is 72.1 Å². The highest BCUT2D eigenvalue weighted by molar-refractivity contribution is 5.89. The van der Waals surface area contributed by atoms with E-state index in [4.69, 9.17) is 18.9 Å². The molecule has 42 heavy (non-hydrogen) atoms. The van der Waals surface area contributed by atoms with Gasteiger partial charge >= 0.3 is 24.2 Å². The molecule has 0 aliphatic heterocycles. The van der Waals surface area contributed by atoms with E-state index in [1.165, 1.54) is 38.5 Å². The Bertz CT molecular complexity index is 997. The highest BCUT2D eigenvalue weighted by Gasteiger charge is 2.13. The van der Waals surface area contributed by atoms with E-state index in [-0.39, 0.29) is 24.3 Å². The van der Waals surface area contributed by atoms with Gasteiger partial charge in [0.2, 0.25) is 0 Å². The van der Waals surface area contributed by atoms with Crippen molar-refractivity contribution >= 4 is 24.2 Å². The van der Waals surface area contributed by atoms with Crippen LogP contribution in [0.3, 0.4) is 0 Å². The normalized spacial score (nSPS) is 10.2. The molecule has 0 bridgehead atoms. The molecule has 230 valence electrons. The van der Waals surface area contributed by atoms with Crippen LogP contribution in [0, 0.1) is 0 Å². The molecule has 0 radical (unpaired) electrons. The van der Waals surface area contributed by atoms with Gasteiger partial charge in [-0.3, -0.25) is 9.78 Å². The molecule has 0 aliphatic carbocycles. The van der Waals surface area contributed by atoms with Gasteiger partial charge in [0.1, 0.15) is 11.5 Å². The maximum absolute atomic E-state index is 11.8.